The molecule has 1 fully saturated rings. The molecule has 2 aliphatic rings. The standard InChI is InChI=1S/C23H23NO5/c1-27-20-7-3-2-5-16(20)6-4-8-21-22(26)17-9-10-19(25)18(23(17)29-21)15-24-11-13-28-14-12-24/h2-10,25H,11-15H2,1H3/b6-4-,21-8+. The molecular formula is C23H23NO5. The highest BCUT2D eigenvalue weighted by atomic mass is 16.5. The average molecular weight is 393 g/mol. The molecule has 0 amide bonds. The second kappa shape index (κ2) is 8.51. The smallest absolute Gasteiger partial charge is 0.231 e. The van der Waals surface area contributed by atoms with Crippen LogP contribution in [0.2, 0.25) is 0 Å². The molecule has 2 aliphatic heterocycles. The Morgan fingerprint density at radius 2 is 1.97 bits per heavy atom. The van der Waals surface area contributed by atoms with Crippen molar-refractivity contribution in [3.05, 3.63) is 71.0 Å². The van der Waals surface area contributed by atoms with Crippen molar-refractivity contribution in [2.24, 2.45) is 0 Å². The fourth-order valence-corrected chi connectivity index (χ4v) is 3.49. The normalized spacial score (nSPS) is 18.2. The maximum absolute atomic E-state index is 12.8. The first kappa shape index (κ1) is 19.2. The fraction of sp³-hybridized carbons (Fsp3) is 0.261. The van der Waals surface area contributed by atoms with E-state index in [9.17, 15) is 9.90 Å². The van der Waals surface area contributed by atoms with Gasteiger partial charge in [-0.2, -0.15) is 0 Å². The molecule has 6 heteroatoms. The molecule has 0 aliphatic carbocycles. The molecule has 0 saturated carbocycles. The lowest BCUT2D eigenvalue weighted by Gasteiger charge is -2.27. The lowest BCUT2D eigenvalue weighted by Crippen LogP contribution is -2.35. The number of hydrogen-bond acceptors (Lipinski definition) is 6. The van der Waals surface area contributed by atoms with Crippen LogP contribution in [0.1, 0.15) is 21.5 Å². The lowest BCUT2D eigenvalue weighted by atomic mass is 10.0. The summed E-state index contributed by atoms with van der Waals surface area (Å²) in [6.07, 6.45) is 5.26. The average Bonchev–Trinajstić information content (AvgIpc) is 3.07. The first-order valence-corrected chi connectivity index (χ1v) is 9.56. The van der Waals surface area contributed by atoms with Crippen molar-refractivity contribution in [3.8, 4) is 17.2 Å². The van der Waals surface area contributed by atoms with Gasteiger partial charge in [0.1, 0.15) is 17.2 Å². The number of allylic oxidation sites excluding steroid dienone is 3. The summed E-state index contributed by atoms with van der Waals surface area (Å²) in [4.78, 5) is 14.9. The van der Waals surface area contributed by atoms with E-state index in [2.05, 4.69) is 4.90 Å². The van der Waals surface area contributed by atoms with E-state index in [0.29, 0.717) is 36.6 Å². The van der Waals surface area contributed by atoms with Gasteiger partial charge in [-0.1, -0.05) is 30.4 Å². The van der Waals surface area contributed by atoms with Crippen LogP contribution in [0.4, 0.5) is 0 Å². The molecule has 150 valence electrons. The summed E-state index contributed by atoms with van der Waals surface area (Å²) in [6.45, 7) is 3.39. The van der Waals surface area contributed by atoms with Crippen LogP contribution < -0.4 is 9.47 Å². The molecule has 0 bridgehead atoms. The zero-order valence-corrected chi connectivity index (χ0v) is 16.3. The largest absolute Gasteiger partial charge is 0.507 e. The number of para-hydroxylation sites is 1. The van der Waals surface area contributed by atoms with Gasteiger partial charge in [-0.15, -0.1) is 0 Å². The van der Waals surface area contributed by atoms with E-state index in [-0.39, 0.29) is 17.3 Å². The maximum Gasteiger partial charge on any atom is 0.231 e. The van der Waals surface area contributed by atoms with Gasteiger partial charge in [-0.05, 0) is 24.3 Å². The Labute approximate surface area is 169 Å². The summed E-state index contributed by atoms with van der Waals surface area (Å²) in [6, 6.07) is 10.8. The van der Waals surface area contributed by atoms with Crippen LogP contribution in [0.25, 0.3) is 6.08 Å². The predicted octanol–water partition coefficient (Wildman–Crippen LogP) is 3.41. The molecular weight excluding hydrogens is 370 g/mol. The molecule has 2 aromatic carbocycles. The van der Waals surface area contributed by atoms with Crippen LogP contribution in [-0.4, -0.2) is 49.2 Å². The number of fused-ring (bicyclic) bond motifs is 1. The van der Waals surface area contributed by atoms with Gasteiger partial charge in [0.15, 0.2) is 5.76 Å². The zero-order valence-electron chi connectivity index (χ0n) is 16.3. The fourth-order valence-electron chi connectivity index (χ4n) is 3.49. The van der Waals surface area contributed by atoms with Gasteiger partial charge in [-0.25, -0.2) is 0 Å². The van der Waals surface area contributed by atoms with Crippen LogP contribution in [-0.2, 0) is 11.3 Å². The first-order chi connectivity index (χ1) is 14.2. The molecule has 0 atom stereocenters. The predicted molar refractivity (Wildman–Crippen MR) is 109 cm³/mol. The highest BCUT2D eigenvalue weighted by Gasteiger charge is 2.31. The molecule has 0 aromatic heterocycles. The van der Waals surface area contributed by atoms with Gasteiger partial charge in [-0.3, -0.25) is 9.69 Å². The third-order valence-corrected chi connectivity index (χ3v) is 5.06. The molecule has 1 N–H and O–H groups in total. The van der Waals surface area contributed by atoms with Crippen molar-refractivity contribution in [3.63, 3.8) is 0 Å². The quantitative estimate of drug-likeness (QED) is 0.786. The number of benzene rings is 2. The highest BCUT2D eigenvalue weighted by Crippen LogP contribution is 2.39. The number of ketones is 1. The Morgan fingerprint density at radius 3 is 2.76 bits per heavy atom. The Hall–Kier alpha value is -3.09. The van der Waals surface area contributed by atoms with Crippen LogP contribution in [0.5, 0.6) is 17.2 Å². The van der Waals surface area contributed by atoms with Gasteiger partial charge < -0.3 is 19.3 Å². The Morgan fingerprint density at radius 1 is 1.17 bits per heavy atom. The van der Waals surface area contributed by atoms with Crippen molar-refractivity contribution in [1.29, 1.82) is 0 Å². The van der Waals surface area contributed by atoms with E-state index in [0.717, 1.165) is 24.4 Å². The minimum absolute atomic E-state index is 0.133. The van der Waals surface area contributed by atoms with Crippen LogP contribution in [0, 0.1) is 0 Å². The molecule has 2 heterocycles. The van der Waals surface area contributed by atoms with Crippen LogP contribution in [0.15, 0.2) is 54.3 Å². The molecule has 0 radical (unpaired) electrons. The number of methoxy groups -OCH3 is 1. The van der Waals surface area contributed by atoms with E-state index < -0.39 is 0 Å². The van der Waals surface area contributed by atoms with Crippen molar-refractivity contribution in [2.45, 2.75) is 6.54 Å². The SMILES string of the molecule is COc1ccccc1/C=C\C=C1\Oc2c(ccc(O)c2CN2CCOCC2)C1=O. The van der Waals surface area contributed by atoms with Crippen molar-refractivity contribution in [2.75, 3.05) is 33.4 Å². The number of phenols is 1. The maximum atomic E-state index is 12.8. The summed E-state index contributed by atoms with van der Waals surface area (Å²) < 4.78 is 16.6. The van der Waals surface area contributed by atoms with Crippen molar-refractivity contribution >= 4 is 11.9 Å². The Kier molecular flexibility index (Phi) is 5.64. The van der Waals surface area contributed by atoms with E-state index in [1.165, 1.54) is 0 Å². The Balaban J connectivity index is 1.57. The van der Waals surface area contributed by atoms with Crippen molar-refractivity contribution < 1.29 is 24.1 Å². The monoisotopic (exact) mass is 393 g/mol. The van der Waals surface area contributed by atoms with Gasteiger partial charge >= 0.3 is 0 Å². The minimum atomic E-state index is -0.187. The number of ether oxygens (including phenoxy) is 3. The minimum Gasteiger partial charge on any atom is -0.507 e. The number of nitrogens with zero attached hydrogens (tertiary/aromatic N) is 1. The van der Waals surface area contributed by atoms with E-state index in [4.69, 9.17) is 14.2 Å². The van der Waals surface area contributed by atoms with E-state index >= 15 is 0 Å². The third-order valence-electron chi connectivity index (χ3n) is 5.06. The molecule has 0 unspecified atom stereocenters. The number of morpholine rings is 1. The lowest BCUT2D eigenvalue weighted by molar-refractivity contribution is 0.0336. The highest BCUT2D eigenvalue weighted by molar-refractivity contribution is 6.12. The molecule has 0 spiro atoms. The zero-order chi connectivity index (χ0) is 20.2. The summed E-state index contributed by atoms with van der Waals surface area (Å²) in [5.41, 5.74) is 2.01. The second-order valence-electron chi connectivity index (χ2n) is 6.89. The first-order valence-electron chi connectivity index (χ1n) is 9.56. The number of aromatic hydroxyl groups is 1. The topological polar surface area (TPSA) is 68.2 Å². The number of carbonyl (C=O) groups is 1. The number of rotatable bonds is 5. The molecule has 4 rings (SSSR count). The number of hydrogen-bond donors (Lipinski definition) is 1. The van der Waals surface area contributed by atoms with Gasteiger partial charge in [0.05, 0.1) is 31.5 Å². The van der Waals surface area contributed by atoms with E-state index in [1.54, 1.807) is 31.4 Å². The number of Topliss-reactive ketones (excluding diaryl/α,β-unsaturated/α-hetero) is 1. The number of phenolic OH excluding ortho intramolecular Hbond substituents is 1. The molecule has 6 nitrogen and oxygen atoms in total. The third kappa shape index (κ3) is 4.04. The molecule has 2 aromatic rings. The van der Waals surface area contributed by atoms with Gasteiger partial charge in [0.25, 0.3) is 0 Å². The molecule has 1 saturated heterocycles. The summed E-state index contributed by atoms with van der Waals surface area (Å²) in [7, 11) is 1.62. The van der Waals surface area contributed by atoms with E-state index in [1.807, 2.05) is 30.3 Å². The van der Waals surface area contributed by atoms with Crippen LogP contribution in [0.3, 0.4) is 0 Å². The summed E-state index contributed by atoms with van der Waals surface area (Å²) in [5, 5.41) is 10.4. The Bertz CT molecular complexity index is 973. The van der Waals surface area contributed by atoms with Crippen LogP contribution >= 0.6 is 0 Å². The van der Waals surface area contributed by atoms with Crippen molar-refractivity contribution in [1.82, 2.24) is 4.90 Å². The molecule has 29 heavy (non-hydrogen) atoms. The van der Waals surface area contributed by atoms with Gasteiger partial charge in [0, 0.05) is 25.2 Å². The summed E-state index contributed by atoms with van der Waals surface area (Å²) >= 11 is 0. The van der Waals surface area contributed by atoms with Gasteiger partial charge in [0.2, 0.25) is 5.78 Å². The summed E-state index contributed by atoms with van der Waals surface area (Å²) in [5.74, 6) is 1.38. The number of carbonyl (C=O) groups excluding carboxylic acids is 1. The second-order valence-corrected chi connectivity index (χ2v) is 6.89.